The lowest BCUT2D eigenvalue weighted by Gasteiger charge is -2.14. The Balaban J connectivity index is 2.59. The molecule has 106 valence electrons. The molecule has 20 heavy (non-hydrogen) atoms. The molecule has 0 fully saturated rings. The summed E-state index contributed by atoms with van der Waals surface area (Å²) in [6.07, 6.45) is 0. The van der Waals surface area contributed by atoms with Gasteiger partial charge < -0.3 is 18.9 Å². The van der Waals surface area contributed by atoms with Crippen LogP contribution in [0.4, 0.5) is 0 Å². The molecule has 0 aliphatic carbocycles. The summed E-state index contributed by atoms with van der Waals surface area (Å²) in [7, 11) is 6.48. The van der Waals surface area contributed by atoms with Crippen LogP contribution in [0.1, 0.15) is 0 Å². The quantitative estimate of drug-likeness (QED) is 0.837. The maximum atomic E-state index is 5.44. The van der Waals surface area contributed by atoms with Crippen molar-refractivity contribution in [2.45, 2.75) is 0 Å². The van der Waals surface area contributed by atoms with Gasteiger partial charge >= 0.3 is 0 Å². The van der Waals surface area contributed by atoms with Gasteiger partial charge in [-0.25, -0.2) is 0 Å². The van der Waals surface area contributed by atoms with Gasteiger partial charge in [0.05, 0.1) is 28.4 Å². The average molecular weight is 274 g/mol. The number of ether oxygens (including phenoxy) is 4. The fourth-order valence-corrected chi connectivity index (χ4v) is 2.05. The molecular formula is C16H18O4. The first-order chi connectivity index (χ1) is 9.73. The molecule has 0 aromatic heterocycles. The van der Waals surface area contributed by atoms with Crippen LogP contribution in [0, 0.1) is 0 Å². The van der Waals surface area contributed by atoms with Crippen LogP contribution in [0.25, 0.3) is 11.1 Å². The fourth-order valence-electron chi connectivity index (χ4n) is 2.05. The molecule has 0 spiro atoms. The molecule has 2 rings (SSSR count). The molecule has 0 aliphatic heterocycles. The predicted octanol–water partition coefficient (Wildman–Crippen LogP) is 3.39. The summed E-state index contributed by atoms with van der Waals surface area (Å²) < 4.78 is 21.3. The maximum Gasteiger partial charge on any atom is 0.164 e. The molecule has 0 bridgehead atoms. The highest BCUT2D eigenvalue weighted by Crippen LogP contribution is 2.40. The van der Waals surface area contributed by atoms with Gasteiger partial charge in [-0.3, -0.25) is 0 Å². The van der Waals surface area contributed by atoms with E-state index in [-0.39, 0.29) is 0 Å². The summed E-state index contributed by atoms with van der Waals surface area (Å²) in [5, 5.41) is 0. The number of methoxy groups -OCH3 is 4. The molecule has 0 atom stereocenters. The standard InChI is InChI=1S/C16H18O4/c1-17-12-7-5-6-11(8-12)13-9-15(19-3)16(20-4)10-14(13)18-2/h5-10H,1-4H3. The summed E-state index contributed by atoms with van der Waals surface area (Å²) in [4.78, 5) is 0. The molecule has 0 amide bonds. The molecule has 0 radical (unpaired) electrons. The van der Waals surface area contributed by atoms with Gasteiger partial charge in [-0.1, -0.05) is 12.1 Å². The first-order valence-corrected chi connectivity index (χ1v) is 6.18. The smallest absolute Gasteiger partial charge is 0.164 e. The number of rotatable bonds is 5. The summed E-state index contributed by atoms with van der Waals surface area (Å²) in [5.74, 6) is 2.80. The number of benzene rings is 2. The molecule has 2 aromatic carbocycles. The summed E-state index contributed by atoms with van der Waals surface area (Å²) >= 11 is 0. The van der Waals surface area contributed by atoms with E-state index >= 15 is 0 Å². The first kappa shape index (κ1) is 14.1. The Hall–Kier alpha value is -2.36. The summed E-state index contributed by atoms with van der Waals surface area (Å²) in [6.45, 7) is 0. The molecule has 0 saturated heterocycles. The molecule has 0 N–H and O–H groups in total. The van der Waals surface area contributed by atoms with E-state index in [9.17, 15) is 0 Å². The Labute approximate surface area is 118 Å². The Morgan fingerprint density at radius 2 is 1.30 bits per heavy atom. The second-order valence-electron chi connectivity index (χ2n) is 4.14. The SMILES string of the molecule is COc1cccc(-c2cc(OC)c(OC)cc2OC)c1. The van der Waals surface area contributed by atoms with E-state index in [2.05, 4.69) is 0 Å². The van der Waals surface area contributed by atoms with E-state index in [0.29, 0.717) is 11.5 Å². The Bertz CT molecular complexity index is 593. The lowest BCUT2D eigenvalue weighted by molar-refractivity contribution is 0.349. The highest BCUT2D eigenvalue weighted by molar-refractivity contribution is 5.75. The zero-order chi connectivity index (χ0) is 14.5. The Morgan fingerprint density at radius 1 is 0.650 bits per heavy atom. The zero-order valence-corrected chi connectivity index (χ0v) is 12.1. The van der Waals surface area contributed by atoms with Crippen LogP contribution in [-0.2, 0) is 0 Å². The molecule has 0 saturated carbocycles. The molecule has 0 heterocycles. The Kier molecular flexibility index (Phi) is 4.35. The molecular weight excluding hydrogens is 256 g/mol. The monoisotopic (exact) mass is 274 g/mol. The van der Waals surface area contributed by atoms with Crippen LogP contribution in [0.2, 0.25) is 0 Å². The van der Waals surface area contributed by atoms with Crippen LogP contribution < -0.4 is 18.9 Å². The number of hydrogen-bond acceptors (Lipinski definition) is 4. The van der Waals surface area contributed by atoms with E-state index in [1.807, 2.05) is 36.4 Å². The van der Waals surface area contributed by atoms with Crippen molar-refractivity contribution in [2.75, 3.05) is 28.4 Å². The second kappa shape index (κ2) is 6.19. The van der Waals surface area contributed by atoms with Crippen molar-refractivity contribution < 1.29 is 18.9 Å². The van der Waals surface area contributed by atoms with Crippen LogP contribution in [0.5, 0.6) is 23.0 Å². The van der Waals surface area contributed by atoms with Crippen molar-refractivity contribution in [3.05, 3.63) is 36.4 Å². The average Bonchev–Trinajstić information content (AvgIpc) is 2.53. The van der Waals surface area contributed by atoms with Crippen molar-refractivity contribution in [3.8, 4) is 34.1 Å². The van der Waals surface area contributed by atoms with Gasteiger partial charge in [0, 0.05) is 11.6 Å². The maximum absolute atomic E-state index is 5.44. The lowest BCUT2D eigenvalue weighted by atomic mass is 10.0. The molecule has 2 aromatic rings. The summed E-state index contributed by atoms with van der Waals surface area (Å²) in [5.41, 5.74) is 1.91. The van der Waals surface area contributed by atoms with Gasteiger partial charge in [-0.05, 0) is 23.8 Å². The minimum atomic E-state index is 0.635. The topological polar surface area (TPSA) is 36.9 Å². The minimum Gasteiger partial charge on any atom is -0.497 e. The van der Waals surface area contributed by atoms with Crippen molar-refractivity contribution in [2.24, 2.45) is 0 Å². The Morgan fingerprint density at radius 3 is 1.90 bits per heavy atom. The van der Waals surface area contributed by atoms with Crippen molar-refractivity contribution in [1.29, 1.82) is 0 Å². The van der Waals surface area contributed by atoms with Crippen molar-refractivity contribution in [3.63, 3.8) is 0 Å². The largest absolute Gasteiger partial charge is 0.497 e. The van der Waals surface area contributed by atoms with E-state index in [1.54, 1.807) is 28.4 Å². The van der Waals surface area contributed by atoms with Gasteiger partial charge in [0.25, 0.3) is 0 Å². The third kappa shape index (κ3) is 2.64. The van der Waals surface area contributed by atoms with Crippen LogP contribution in [0.15, 0.2) is 36.4 Å². The normalized spacial score (nSPS) is 10.0. The van der Waals surface area contributed by atoms with Crippen LogP contribution >= 0.6 is 0 Å². The van der Waals surface area contributed by atoms with E-state index < -0.39 is 0 Å². The molecule has 4 heteroatoms. The fraction of sp³-hybridized carbons (Fsp3) is 0.250. The van der Waals surface area contributed by atoms with Crippen molar-refractivity contribution >= 4 is 0 Å². The zero-order valence-electron chi connectivity index (χ0n) is 12.1. The molecule has 4 nitrogen and oxygen atoms in total. The third-order valence-corrected chi connectivity index (χ3v) is 3.09. The highest BCUT2D eigenvalue weighted by Gasteiger charge is 2.13. The summed E-state index contributed by atoms with van der Waals surface area (Å²) in [6, 6.07) is 11.5. The van der Waals surface area contributed by atoms with Crippen LogP contribution in [0.3, 0.4) is 0 Å². The van der Waals surface area contributed by atoms with Crippen molar-refractivity contribution in [1.82, 2.24) is 0 Å². The third-order valence-electron chi connectivity index (χ3n) is 3.09. The van der Waals surface area contributed by atoms with Gasteiger partial charge in [-0.2, -0.15) is 0 Å². The lowest BCUT2D eigenvalue weighted by Crippen LogP contribution is -1.95. The first-order valence-electron chi connectivity index (χ1n) is 6.18. The number of hydrogen-bond donors (Lipinski definition) is 0. The van der Waals surface area contributed by atoms with Gasteiger partial charge in [-0.15, -0.1) is 0 Å². The second-order valence-corrected chi connectivity index (χ2v) is 4.14. The minimum absolute atomic E-state index is 0.635. The van der Waals surface area contributed by atoms with Crippen LogP contribution in [-0.4, -0.2) is 28.4 Å². The highest BCUT2D eigenvalue weighted by atomic mass is 16.5. The van der Waals surface area contributed by atoms with Gasteiger partial charge in [0.2, 0.25) is 0 Å². The van der Waals surface area contributed by atoms with Gasteiger partial charge in [0.15, 0.2) is 11.5 Å². The van der Waals surface area contributed by atoms with Gasteiger partial charge in [0.1, 0.15) is 11.5 Å². The van der Waals surface area contributed by atoms with E-state index in [4.69, 9.17) is 18.9 Å². The van der Waals surface area contributed by atoms with E-state index in [0.717, 1.165) is 22.6 Å². The molecule has 0 unspecified atom stereocenters. The predicted molar refractivity (Wildman–Crippen MR) is 78.1 cm³/mol. The van der Waals surface area contributed by atoms with E-state index in [1.165, 1.54) is 0 Å². The molecule has 0 aliphatic rings.